The molecule has 6 heteroatoms. The lowest BCUT2D eigenvalue weighted by molar-refractivity contribution is 0.418. The van der Waals surface area contributed by atoms with Crippen LogP contribution in [-0.2, 0) is 6.42 Å². The van der Waals surface area contributed by atoms with Gasteiger partial charge in [-0.05, 0) is 48.7 Å². The van der Waals surface area contributed by atoms with Crippen LogP contribution in [0.5, 0.6) is 0 Å². The first kappa shape index (κ1) is 15.4. The predicted octanol–water partition coefficient (Wildman–Crippen LogP) is 2.91. The van der Waals surface area contributed by atoms with Crippen molar-refractivity contribution in [2.75, 3.05) is 7.05 Å². The van der Waals surface area contributed by atoms with Crippen LogP contribution in [0.2, 0.25) is 0 Å². The molecule has 0 saturated heterocycles. The number of hydrogen-bond donors (Lipinski definition) is 1. The van der Waals surface area contributed by atoms with Crippen LogP contribution < -0.4 is 5.32 Å². The van der Waals surface area contributed by atoms with E-state index in [1.54, 1.807) is 0 Å². The lowest BCUT2D eigenvalue weighted by atomic mass is 10.2. The van der Waals surface area contributed by atoms with E-state index in [0.29, 0.717) is 11.9 Å². The van der Waals surface area contributed by atoms with E-state index < -0.39 is 0 Å². The molecule has 2 aromatic rings. The van der Waals surface area contributed by atoms with Crippen LogP contribution >= 0.6 is 35.0 Å². The molecule has 0 aliphatic heterocycles. The molecule has 1 aromatic heterocycles. The van der Waals surface area contributed by atoms with Crippen molar-refractivity contribution in [3.8, 4) is 11.5 Å². The second-order valence-electron chi connectivity index (χ2n) is 3.89. The fourth-order valence-corrected chi connectivity index (χ4v) is 2.07. The maximum atomic E-state index is 5.28. The van der Waals surface area contributed by atoms with Gasteiger partial charge >= 0.3 is 0 Å². The number of halogens is 2. The van der Waals surface area contributed by atoms with E-state index in [-0.39, 0.29) is 12.4 Å². The summed E-state index contributed by atoms with van der Waals surface area (Å²) in [4.78, 5) is 4.41. The van der Waals surface area contributed by atoms with Crippen molar-refractivity contribution in [1.82, 2.24) is 15.5 Å². The number of nitrogens with one attached hydrogen (secondary N) is 1. The van der Waals surface area contributed by atoms with Gasteiger partial charge in [0.15, 0.2) is 5.82 Å². The molecule has 18 heavy (non-hydrogen) atoms. The third kappa shape index (κ3) is 3.66. The first-order chi connectivity index (χ1) is 8.20. The van der Waals surface area contributed by atoms with Gasteiger partial charge in [-0.3, -0.25) is 0 Å². The summed E-state index contributed by atoms with van der Waals surface area (Å²) < 4.78 is 6.40. The molecule has 0 fully saturated rings. The largest absolute Gasteiger partial charge is 0.334 e. The monoisotopic (exact) mass is 379 g/mol. The smallest absolute Gasteiger partial charge is 0.258 e. The normalized spacial score (nSPS) is 11.9. The van der Waals surface area contributed by atoms with Gasteiger partial charge in [-0.2, -0.15) is 4.98 Å². The van der Waals surface area contributed by atoms with Gasteiger partial charge in [-0.1, -0.05) is 17.3 Å². The Balaban J connectivity index is 0.00000162. The van der Waals surface area contributed by atoms with Crippen LogP contribution in [0, 0.1) is 3.57 Å². The van der Waals surface area contributed by atoms with E-state index >= 15 is 0 Å². The summed E-state index contributed by atoms with van der Waals surface area (Å²) in [5.41, 5.74) is 0.990. The van der Waals surface area contributed by atoms with Crippen molar-refractivity contribution in [3.63, 3.8) is 0 Å². The summed E-state index contributed by atoms with van der Waals surface area (Å²) >= 11 is 2.27. The van der Waals surface area contributed by atoms with Gasteiger partial charge in [0.05, 0.1) is 5.56 Å². The molecule has 1 atom stereocenters. The van der Waals surface area contributed by atoms with E-state index in [2.05, 4.69) is 45.0 Å². The first-order valence-corrected chi connectivity index (χ1v) is 6.53. The summed E-state index contributed by atoms with van der Waals surface area (Å²) in [6, 6.07) is 8.31. The zero-order valence-electron chi connectivity index (χ0n) is 10.2. The minimum absolute atomic E-state index is 0. The number of hydrogen-bond acceptors (Lipinski definition) is 4. The highest BCUT2D eigenvalue weighted by Crippen LogP contribution is 2.23. The Kier molecular flexibility index (Phi) is 6.04. The van der Waals surface area contributed by atoms with Gasteiger partial charge in [0.2, 0.25) is 0 Å². The molecule has 0 aliphatic carbocycles. The van der Waals surface area contributed by atoms with Gasteiger partial charge in [0, 0.05) is 16.0 Å². The van der Waals surface area contributed by atoms with Crippen molar-refractivity contribution in [2.45, 2.75) is 19.4 Å². The molecule has 0 spiro atoms. The van der Waals surface area contributed by atoms with E-state index in [1.165, 1.54) is 0 Å². The van der Waals surface area contributed by atoms with Crippen LogP contribution in [-0.4, -0.2) is 23.2 Å². The molecule has 1 N–H and O–H groups in total. The molecule has 2 rings (SSSR count). The van der Waals surface area contributed by atoms with Gasteiger partial charge in [0.1, 0.15) is 0 Å². The van der Waals surface area contributed by atoms with Crippen molar-refractivity contribution >= 4 is 35.0 Å². The molecule has 1 unspecified atom stereocenters. The molecule has 0 aliphatic rings. The first-order valence-electron chi connectivity index (χ1n) is 5.45. The van der Waals surface area contributed by atoms with Crippen molar-refractivity contribution < 1.29 is 4.52 Å². The average Bonchev–Trinajstić information content (AvgIpc) is 2.78. The highest BCUT2D eigenvalue weighted by Gasteiger charge is 2.12. The minimum atomic E-state index is 0. The fraction of sp³-hybridized carbons (Fsp3) is 0.333. The van der Waals surface area contributed by atoms with Crippen molar-refractivity contribution in [3.05, 3.63) is 33.7 Å². The highest BCUT2D eigenvalue weighted by atomic mass is 127. The quantitative estimate of drug-likeness (QED) is 0.830. The van der Waals surface area contributed by atoms with Crippen molar-refractivity contribution in [1.29, 1.82) is 0 Å². The molecule has 1 aromatic carbocycles. The lowest BCUT2D eigenvalue weighted by Gasteiger charge is -2.04. The van der Waals surface area contributed by atoms with Gasteiger partial charge < -0.3 is 9.84 Å². The topological polar surface area (TPSA) is 51.0 Å². The summed E-state index contributed by atoms with van der Waals surface area (Å²) in [6.07, 6.45) is 0.767. The highest BCUT2D eigenvalue weighted by molar-refractivity contribution is 14.1. The Labute approximate surface area is 126 Å². The van der Waals surface area contributed by atoms with Crippen LogP contribution in [0.4, 0.5) is 0 Å². The lowest BCUT2D eigenvalue weighted by Crippen LogP contribution is -2.24. The number of likely N-dealkylation sites (N-methyl/N-ethyl adjacent to an activating group) is 1. The Morgan fingerprint density at radius 1 is 1.39 bits per heavy atom. The van der Waals surface area contributed by atoms with E-state index in [1.807, 2.05) is 31.3 Å². The van der Waals surface area contributed by atoms with Gasteiger partial charge in [0.25, 0.3) is 5.89 Å². The Morgan fingerprint density at radius 3 is 2.78 bits per heavy atom. The van der Waals surface area contributed by atoms with Crippen LogP contribution in [0.1, 0.15) is 12.7 Å². The third-order valence-corrected chi connectivity index (χ3v) is 3.49. The Morgan fingerprint density at radius 2 is 2.11 bits per heavy atom. The standard InChI is InChI=1S/C12H14IN3O.ClH/c1-8(14-2)7-11-15-12(17-16-11)9-5-3-4-6-10(9)13;/h3-6,8,14H,7H2,1-2H3;1H. The Hall–Kier alpha value is -0.660. The zero-order valence-corrected chi connectivity index (χ0v) is 13.2. The molecule has 0 amide bonds. The number of nitrogens with zero attached hydrogens (tertiary/aromatic N) is 2. The zero-order chi connectivity index (χ0) is 12.3. The Bertz CT molecular complexity index is 504. The fourth-order valence-electron chi connectivity index (χ4n) is 1.46. The molecule has 4 nitrogen and oxygen atoms in total. The number of rotatable bonds is 4. The average molecular weight is 380 g/mol. The molecule has 0 radical (unpaired) electrons. The van der Waals surface area contributed by atoms with Crippen molar-refractivity contribution in [2.24, 2.45) is 0 Å². The second kappa shape index (κ2) is 7.06. The second-order valence-corrected chi connectivity index (χ2v) is 5.05. The predicted molar refractivity (Wildman–Crippen MR) is 81.9 cm³/mol. The molecular formula is C12H15ClIN3O. The third-order valence-electron chi connectivity index (χ3n) is 2.55. The molecule has 0 saturated carbocycles. The SMILES string of the molecule is CNC(C)Cc1noc(-c2ccccc2I)n1.Cl. The van der Waals surface area contributed by atoms with Crippen LogP contribution in [0.15, 0.2) is 28.8 Å². The van der Waals surface area contributed by atoms with Gasteiger partial charge in [-0.15, -0.1) is 12.4 Å². The van der Waals surface area contributed by atoms with Gasteiger partial charge in [-0.25, -0.2) is 0 Å². The number of aromatic nitrogens is 2. The molecular weight excluding hydrogens is 365 g/mol. The molecule has 1 heterocycles. The summed E-state index contributed by atoms with van der Waals surface area (Å²) in [5.74, 6) is 1.33. The van der Waals surface area contributed by atoms with E-state index in [4.69, 9.17) is 4.52 Å². The van der Waals surface area contributed by atoms with Crippen LogP contribution in [0.25, 0.3) is 11.5 Å². The maximum absolute atomic E-state index is 5.28. The van der Waals surface area contributed by atoms with Crippen LogP contribution in [0.3, 0.4) is 0 Å². The summed E-state index contributed by atoms with van der Waals surface area (Å²) in [6.45, 7) is 2.09. The van der Waals surface area contributed by atoms with E-state index in [9.17, 15) is 0 Å². The maximum Gasteiger partial charge on any atom is 0.258 e. The van der Waals surface area contributed by atoms with E-state index in [0.717, 1.165) is 21.4 Å². The summed E-state index contributed by atoms with van der Waals surface area (Å²) in [7, 11) is 1.92. The minimum Gasteiger partial charge on any atom is -0.334 e. The molecule has 98 valence electrons. The number of benzene rings is 1. The summed E-state index contributed by atoms with van der Waals surface area (Å²) in [5, 5.41) is 7.14. The molecule has 0 bridgehead atoms.